The molecule has 0 radical (unpaired) electrons. The molecule has 1 aliphatic heterocycles. The summed E-state index contributed by atoms with van der Waals surface area (Å²) in [5.74, 6) is -0.542. The average Bonchev–Trinajstić information content (AvgIpc) is 2.33. The van der Waals surface area contributed by atoms with Gasteiger partial charge < -0.3 is 9.47 Å². The summed E-state index contributed by atoms with van der Waals surface area (Å²) in [5, 5.41) is 0. The van der Waals surface area contributed by atoms with Gasteiger partial charge in [-0.05, 0) is 38.0 Å². The highest BCUT2D eigenvalue weighted by atomic mass is 32.2. The summed E-state index contributed by atoms with van der Waals surface area (Å²) in [4.78, 5) is 10.5. The van der Waals surface area contributed by atoms with E-state index in [1.54, 1.807) is 13.0 Å². The summed E-state index contributed by atoms with van der Waals surface area (Å²) in [6, 6.07) is 3.05. The third-order valence-corrected chi connectivity index (χ3v) is 5.70. The Morgan fingerprint density at radius 3 is 2.58 bits per heavy atom. The summed E-state index contributed by atoms with van der Waals surface area (Å²) in [6.45, 7) is 4.95. The van der Waals surface area contributed by atoms with Crippen LogP contribution in [-0.2, 0) is 25.9 Å². The number of esters is 1. The number of hydrogen-bond donors (Lipinski definition) is 0. The van der Waals surface area contributed by atoms with Crippen LogP contribution in [0, 0.1) is 6.92 Å². The second-order valence-electron chi connectivity index (χ2n) is 4.96. The zero-order valence-electron chi connectivity index (χ0n) is 11.3. The number of methoxy groups -OCH3 is 1. The molecule has 0 atom stereocenters. The molecule has 0 spiro atoms. The van der Waals surface area contributed by atoms with Crippen molar-refractivity contribution in [2.75, 3.05) is 7.11 Å². The molecule has 0 bridgehead atoms. The largest absolute Gasteiger partial charge is 0.465 e. The Hall–Kier alpha value is -1.40. The number of carbonyl (C=O) groups is 1. The lowest BCUT2D eigenvalue weighted by molar-refractivity contribution is 0.0239. The maximum absolute atomic E-state index is 12.4. The van der Waals surface area contributed by atoms with E-state index < -0.39 is 20.7 Å². The molecule has 1 aromatic rings. The van der Waals surface area contributed by atoms with Crippen molar-refractivity contribution in [2.24, 2.45) is 0 Å². The number of fused-ring (bicyclic) bond motifs is 1. The molecule has 2 rings (SSSR count). The fourth-order valence-corrected chi connectivity index (χ4v) is 3.51. The molecular weight excluding hydrogens is 268 g/mol. The van der Waals surface area contributed by atoms with Crippen LogP contribution in [0.1, 0.15) is 35.3 Å². The van der Waals surface area contributed by atoms with Crippen molar-refractivity contribution >= 4 is 15.8 Å². The van der Waals surface area contributed by atoms with E-state index in [9.17, 15) is 13.2 Å². The topological polar surface area (TPSA) is 69.7 Å². The third-order valence-electron chi connectivity index (χ3n) is 3.32. The lowest BCUT2D eigenvalue weighted by atomic mass is 10.1. The van der Waals surface area contributed by atoms with Gasteiger partial charge in [-0.1, -0.05) is 6.07 Å². The Bertz CT molecular complexity index is 643. The van der Waals surface area contributed by atoms with Crippen LogP contribution < -0.4 is 0 Å². The van der Waals surface area contributed by atoms with E-state index in [-0.39, 0.29) is 17.1 Å². The number of benzene rings is 1. The summed E-state index contributed by atoms with van der Waals surface area (Å²) >= 11 is 0. The van der Waals surface area contributed by atoms with Crippen LogP contribution in [0.3, 0.4) is 0 Å². The maximum atomic E-state index is 12.4. The Morgan fingerprint density at radius 1 is 1.37 bits per heavy atom. The van der Waals surface area contributed by atoms with Crippen molar-refractivity contribution in [3.63, 3.8) is 0 Å². The van der Waals surface area contributed by atoms with Crippen molar-refractivity contribution in [1.82, 2.24) is 0 Å². The van der Waals surface area contributed by atoms with E-state index >= 15 is 0 Å². The van der Waals surface area contributed by atoms with Crippen LogP contribution in [0.5, 0.6) is 0 Å². The first-order valence-electron chi connectivity index (χ1n) is 5.81. The minimum atomic E-state index is -3.63. The van der Waals surface area contributed by atoms with Crippen LogP contribution in [0.2, 0.25) is 0 Å². The second-order valence-corrected chi connectivity index (χ2v) is 7.39. The van der Waals surface area contributed by atoms with Crippen molar-refractivity contribution in [3.05, 3.63) is 28.8 Å². The van der Waals surface area contributed by atoms with E-state index in [0.717, 1.165) is 0 Å². The predicted molar refractivity (Wildman–Crippen MR) is 68.6 cm³/mol. The number of aryl methyl sites for hydroxylation is 1. The van der Waals surface area contributed by atoms with E-state index in [4.69, 9.17) is 4.74 Å². The molecule has 0 aromatic heterocycles. The van der Waals surface area contributed by atoms with Gasteiger partial charge in [-0.15, -0.1) is 0 Å². The third kappa shape index (κ3) is 2.04. The fourth-order valence-electron chi connectivity index (χ4n) is 2.03. The molecule has 0 unspecified atom stereocenters. The summed E-state index contributed by atoms with van der Waals surface area (Å²) in [5.41, 5.74) is 1.51. The number of hydrogen-bond acceptors (Lipinski definition) is 5. The molecule has 1 aromatic carbocycles. The van der Waals surface area contributed by atoms with Gasteiger partial charge in [0.1, 0.15) is 0 Å². The normalized spacial score (nSPS) is 19.6. The van der Waals surface area contributed by atoms with Crippen molar-refractivity contribution in [1.29, 1.82) is 0 Å². The maximum Gasteiger partial charge on any atom is 0.338 e. The standard InChI is InChI=1S/C13H16O5S/c1-8-5-9-7-18-13(2,3)19(15,16)11(9)6-10(8)12(14)17-4/h5-6H,7H2,1-4H3. The molecule has 104 valence electrons. The fraction of sp³-hybridized carbons (Fsp3) is 0.462. The predicted octanol–water partition coefficient (Wildman–Crippen LogP) is 1.82. The summed E-state index contributed by atoms with van der Waals surface area (Å²) in [7, 11) is -2.36. The molecule has 6 heteroatoms. The van der Waals surface area contributed by atoms with Gasteiger partial charge in [-0.2, -0.15) is 0 Å². The first-order valence-corrected chi connectivity index (χ1v) is 7.29. The van der Waals surface area contributed by atoms with Gasteiger partial charge in [0.15, 0.2) is 4.93 Å². The van der Waals surface area contributed by atoms with Crippen molar-refractivity contribution in [2.45, 2.75) is 37.2 Å². The molecule has 19 heavy (non-hydrogen) atoms. The quantitative estimate of drug-likeness (QED) is 0.736. The van der Waals surface area contributed by atoms with Gasteiger partial charge in [0.2, 0.25) is 9.84 Å². The molecule has 0 N–H and O–H groups in total. The van der Waals surface area contributed by atoms with E-state index in [0.29, 0.717) is 11.1 Å². The molecule has 0 amide bonds. The highest BCUT2D eigenvalue weighted by Crippen LogP contribution is 2.36. The minimum absolute atomic E-state index is 0.148. The molecular formula is C13H16O5S. The van der Waals surface area contributed by atoms with E-state index in [1.807, 2.05) is 0 Å². The minimum Gasteiger partial charge on any atom is -0.465 e. The van der Waals surface area contributed by atoms with Gasteiger partial charge in [0.05, 0.1) is 24.2 Å². The lowest BCUT2D eigenvalue weighted by Gasteiger charge is -2.31. The van der Waals surface area contributed by atoms with Gasteiger partial charge in [-0.25, -0.2) is 13.2 Å². The molecule has 0 aliphatic carbocycles. The second kappa shape index (κ2) is 4.31. The number of ether oxygens (including phenoxy) is 2. The van der Waals surface area contributed by atoms with Gasteiger partial charge in [0, 0.05) is 0 Å². The molecule has 5 nitrogen and oxygen atoms in total. The SMILES string of the molecule is COC(=O)c1cc2c(cc1C)COC(C)(C)S2(=O)=O. The van der Waals surface area contributed by atoms with Crippen LogP contribution in [-0.4, -0.2) is 26.4 Å². The van der Waals surface area contributed by atoms with Crippen LogP contribution >= 0.6 is 0 Å². The van der Waals surface area contributed by atoms with Crippen molar-refractivity contribution < 1.29 is 22.7 Å². The van der Waals surface area contributed by atoms with Crippen molar-refractivity contribution in [3.8, 4) is 0 Å². The van der Waals surface area contributed by atoms with Crippen LogP contribution in [0.25, 0.3) is 0 Å². The average molecular weight is 284 g/mol. The van der Waals surface area contributed by atoms with Gasteiger partial charge in [-0.3, -0.25) is 0 Å². The smallest absolute Gasteiger partial charge is 0.338 e. The molecule has 0 saturated carbocycles. The van der Waals surface area contributed by atoms with E-state index in [1.165, 1.54) is 27.0 Å². The van der Waals surface area contributed by atoms with Gasteiger partial charge >= 0.3 is 5.97 Å². The van der Waals surface area contributed by atoms with Gasteiger partial charge in [0.25, 0.3) is 0 Å². The Labute approximate surface area is 112 Å². The Balaban J connectivity index is 2.70. The monoisotopic (exact) mass is 284 g/mol. The summed E-state index contributed by atoms with van der Waals surface area (Å²) < 4.78 is 34.9. The zero-order valence-corrected chi connectivity index (χ0v) is 12.1. The van der Waals surface area contributed by atoms with Crippen LogP contribution in [0.4, 0.5) is 0 Å². The van der Waals surface area contributed by atoms with Crippen LogP contribution in [0.15, 0.2) is 17.0 Å². The highest BCUT2D eigenvalue weighted by molar-refractivity contribution is 7.92. The summed E-state index contributed by atoms with van der Waals surface area (Å²) in [6.07, 6.45) is 0. The number of rotatable bonds is 1. The molecule has 1 heterocycles. The van der Waals surface area contributed by atoms with E-state index in [2.05, 4.69) is 4.74 Å². The Kier molecular flexibility index (Phi) is 3.18. The first-order chi connectivity index (χ1) is 8.70. The Morgan fingerprint density at radius 2 is 2.00 bits per heavy atom. The first kappa shape index (κ1) is 14.0. The molecule has 0 saturated heterocycles. The number of sulfone groups is 1. The lowest BCUT2D eigenvalue weighted by Crippen LogP contribution is -2.39. The highest BCUT2D eigenvalue weighted by Gasteiger charge is 2.42. The molecule has 0 fully saturated rings. The zero-order chi connectivity index (χ0) is 14.4. The molecule has 1 aliphatic rings. The number of carbonyl (C=O) groups excluding carboxylic acids is 1.